The van der Waals surface area contributed by atoms with Crippen molar-refractivity contribution in [3.63, 3.8) is 0 Å². The maximum absolute atomic E-state index is 13.8. The van der Waals surface area contributed by atoms with Crippen molar-refractivity contribution in [3.8, 4) is 11.4 Å². The van der Waals surface area contributed by atoms with Crippen molar-refractivity contribution in [1.82, 2.24) is 29.6 Å². The van der Waals surface area contributed by atoms with Crippen LogP contribution in [0, 0.1) is 5.82 Å². The Morgan fingerprint density at radius 2 is 2.06 bits per heavy atom. The van der Waals surface area contributed by atoms with Crippen LogP contribution >= 0.6 is 0 Å². The normalized spacial score (nSPS) is 17.2. The lowest BCUT2D eigenvalue weighted by atomic mass is 9.80. The van der Waals surface area contributed by atoms with Crippen LogP contribution in [0.3, 0.4) is 0 Å². The van der Waals surface area contributed by atoms with Gasteiger partial charge >= 0.3 is 0 Å². The van der Waals surface area contributed by atoms with Crippen LogP contribution < -0.4 is 10.9 Å². The lowest BCUT2D eigenvalue weighted by Crippen LogP contribution is -2.43. The van der Waals surface area contributed by atoms with E-state index in [-0.39, 0.29) is 18.8 Å². The smallest absolute Gasteiger partial charge is 0.296 e. The van der Waals surface area contributed by atoms with E-state index in [9.17, 15) is 19.1 Å². The molecule has 1 spiro atoms. The second-order valence-corrected chi connectivity index (χ2v) is 8.33. The van der Waals surface area contributed by atoms with Crippen molar-refractivity contribution in [2.75, 3.05) is 26.4 Å². The van der Waals surface area contributed by atoms with E-state index in [1.165, 1.54) is 40.1 Å². The highest BCUT2D eigenvalue weighted by atomic mass is 19.1. The van der Waals surface area contributed by atoms with Crippen molar-refractivity contribution in [2.24, 2.45) is 0 Å². The van der Waals surface area contributed by atoms with Crippen LogP contribution in [0.25, 0.3) is 5.69 Å². The summed E-state index contributed by atoms with van der Waals surface area (Å²) in [4.78, 5) is 34.4. The van der Waals surface area contributed by atoms with Gasteiger partial charge in [0.05, 0.1) is 30.9 Å². The molecule has 0 aliphatic carbocycles. The fourth-order valence-corrected chi connectivity index (χ4v) is 4.42. The summed E-state index contributed by atoms with van der Waals surface area (Å²) in [5, 5.41) is 17.2. The first-order chi connectivity index (χ1) is 16.5. The molecular formula is C22H23FN6O5. The topological polar surface area (TPSA) is 133 Å². The number of hydrogen-bond donors (Lipinski definition) is 2. The van der Waals surface area contributed by atoms with Gasteiger partial charge in [-0.05, 0) is 30.5 Å². The molecule has 2 aromatic heterocycles. The van der Waals surface area contributed by atoms with Crippen molar-refractivity contribution in [3.05, 3.63) is 64.1 Å². The molecule has 11 nitrogen and oxygen atoms in total. The Labute approximate surface area is 193 Å². The fourth-order valence-electron chi connectivity index (χ4n) is 4.42. The molecule has 0 bridgehead atoms. The van der Waals surface area contributed by atoms with Gasteiger partial charge in [0.2, 0.25) is 5.75 Å². The summed E-state index contributed by atoms with van der Waals surface area (Å²) in [6.45, 7) is 1.84. The molecule has 0 unspecified atom stereocenters. The lowest BCUT2D eigenvalue weighted by molar-refractivity contribution is 0.00413. The SMILES string of the molecule is O=C(NCc1ccc(F)cc1-n1cncn1)c1nc2n(c(=O)c1O)CCOCC21CCOCC1. The first-order valence-electron chi connectivity index (χ1n) is 10.9. The minimum absolute atomic E-state index is 0.0179. The van der Waals surface area contributed by atoms with Gasteiger partial charge in [-0.3, -0.25) is 14.2 Å². The summed E-state index contributed by atoms with van der Waals surface area (Å²) in [6.07, 6.45) is 3.90. The van der Waals surface area contributed by atoms with Gasteiger partial charge < -0.3 is 19.9 Å². The number of hydrogen-bond acceptors (Lipinski definition) is 8. The van der Waals surface area contributed by atoms with E-state index in [1.807, 2.05) is 0 Å². The van der Waals surface area contributed by atoms with Gasteiger partial charge in [-0.2, -0.15) is 5.10 Å². The van der Waals surface area contributed by atoms with Gasteiger partial charge in [-0.25, -0.2) is 19.0 Å². The van der Waals surface area contributed by atoms with Gasteiger partial charge in [0.25, 0.3) is 11.5 Å². The first kappa shape index (κ1) is 22.2. The zero-order valence-corrected chi connectivity index (χ0v) is 18.2. The summed E-state index contributed by atoms with van der Waals surface area (Å²) in [6, 6.07) is 4.05. The summed E-state index contributed by atoms with van der Waals surface area (Å²) < 4.78 is 27.8. The Morgan fingerprint density at radius 3 is 2.82 bits per heavy atom. The molecule has 0 atom stereocenters. The van der Waals surface area contributed by atoms with E-state index in [1.54, 1.807) is 0 Å². The molecule has 3 aromatic rings. The second kappa shape index (κ2) is 8.95. The molecule has 0 radical (unpaired) electrons. The number of carbonyl (C=O) groups excluding carboxylic acids is 1. The average molecular weight is 470 g/mol. The summed E-state index contributed by atoms with van der Waals surface area (Å²) in [5.74, 6) is -1.49. The number of nitrogens with zero attached hydrogens (tertiary/aromatic N) is 5. The van der Waals surface area contributed by atoms with Gasteiger partial charge in [-0.15, -0.1) is 0 Å². The number of nitrogens with one attached hydrogen (secondary N) is 1. The van der Waals surface area contributed by atoms with Crippen molar-refractivity contribution in [1.29, 1.82) is 0 Å². The number of fused-ring (bicyclic) bond motifs is 2. The van der Waals surface area contributed by atoms with Gasteiger partial charge in [0.1, 0.15) is 24.3 Å². The lowest BCUT2D eigenvalue weighted by Gasteiger charge is -2.35. The fraction of sp³-hybridized carbons (Fsp3) is 0.409. The third kappa shape index (κ3) is 3.94. The molecule has 2 aliphatic rings. The van der Waals surface area contributed by atoms with Crippen LogP contribution in [-0.2, 0) is 28.0 Å². The monoisotopic (exact) mass is 470 g/mol. The quantitative estimate of drug-likeness (QED) is 0.569. The summed E-state index contributed by atoms with van der Waals surface area (Å²) in [5.41, 5.74) is -0.658. The summed E-state index contributed by atoms with van der Waals surface area (Å²) in [7, 11) is 0. The van der Waals surface area contributed by atoms with E-state index < -0.39 is 28.4 Å². The Bertz CT molecular complexity index is 1270. The van der Waals surface area contributed by atoms with E-state index in [0.717, 1.165) is 0 Å². The molecular weight excluding hydrogens is 447 g/mol. The maximum atomic E-state index is 13.8. The highest BCUT2D eigenvalue weighted by Gasteiger charge is 2.41. The predicted molar refractivity (Wildman–Crippen MR) is 115 cm³/mol. The second-order valence-electron chi connectivity index (χ2n) is 8.33. The van der Waals surface area contributed by atoms with Crippen LogP contribution in [0.1, 0.15) is 34.7 Å². The van der Waals surface area contributed by atoms with E-state index >= 15 is 0 Å². The molecule has 1 aromatic carbocycles. The molecule has 12 heteroatoms. The van der Waals surface area contributed by atoms with Crippen molar-refractivity contribution >= 4 is 5.91 Å². The van der Waals surface area contributed by atoms with Crippen LogP contribution in [0.2, 0.25) is 0 Å². The molecule has 5 rings (SSSR count). The van der Waals surface area contributed by atoms with Crippen molar-refractivity contribution < 1.29 is 23.8 Å². The van der Waals surface area contributed by atoms with Gasteiger partial charge in [0, 0.05) is 19.8 Å². The number of aromatic hydroxyl groups is 1. The third-order valence-electron chi connectivity index (χ3n) is 6.27. The largest absolute Gasteiger partial charge is 0.501 e. The highest BCUT2D eigenvalue weighted by molar-refractivity contribution is 5.94. The van der Waals surface area contributed by atoms with Gasteiger partial charge in [-0.1, -0.05) is 6.07 Å². The maximum Gasteiger partial charge on any atom is 0.296 e. The predicted octanol–water partition coefficient (Wildman–Crippen LogP) is 0.677. The van der Waals surface area contributed by atoms with Crippen molar-refractivity contribution in [2.45, 2.75) is 31.3 Å². The molecule has 2 N–H and O–H groups in total. The molecule has 0 saturated carbocycles. The highest BCUT2D eigenvalue weighted by Crippen LogP contribution is 2.35. The van der Waals surface area contributed by atoms with Crippen LogP contribution in [0.15, 0.2) is 35.6 Å². The first-order valence-corrected chi connectivity index (χ1v) is 10.9. The molecule has 34 heavy (non-hydrogen) atoms. The van der Waals surface area contributed by atoms with Crippen LogP contribution in [0.4, 0.5) is 4.39 Å². The van der Waals surface area contributed by atoms with E-state index in [4.69, 9.17) is 9.47 Å². The summed E-state index contributed by atoms with van der Waals surface area (Å²) >= 11 is 0. The molecule has 178 valence electrons. The molecule has 4 heterocycles. The Hall–Kier alpha value is -3.64. The number of amides is 1. The number of rotatable bonds is 4. The molecule has 1 fully saturated rings. The molecule has 2 aliphatic heterocycles. The van der Waals surface area contributed by atoms with Gasteiger partial charge in [0.15, 0.2) is 5.69 Å². The Morgan fingerprint density at radius 1 is 1.24 bits per heavy atom. The van der Waals surface area contributed by atoms with E-state index in [0.29, 0.717) is 56.3 Å². The number of halogens is 1. The Balaban J connectivity index is 1.47. The standard InChI is InChI=1S/C22H23FN6O5/c23-15-2-1-14(16(9-15)29-13-24-12-26-29)10-25-19(31)17-18(30)20(32)28-5-8-34-11-22(21(28)27-17)3-6-33-7-4-22/h1-2,9,12-13,30H,3-8,10-11H2,(H,25,31). The molecule has 1 amide bonds. The zero-order valence-electron chi connectivity index (χ0n) is 18.2. The Kier molecular flexibility index (Phi) is 5.84. The van der Waals surface area contributed by atoms with E-state index in [2.05, 4.69) is 20.4 Å². The van der Waals surface area contributed by atoms with Crippen LogP contribution in [-0.4, -0.2) is 61.8 Å². The zero-order chi connectivity index (χ0) is 23.7. The minimum atomic E-state index is -0.723. The number of carbonyl (C=O) groups is 1. The van der Waals surface area contributed by atoms with Crippen LogP contribution in [0.5, 0.6) is 5.75 Å². The number of aromatic nitrogens is 5. The third-order valence-corrected chi connectivity index (χ3v) is 6.27. The average Bonchev–Trinajstić information content (AvgIpc) is 3.33. The molecule has 1 saturated heterocycles. The number of benzene rings is 1. The number of ether oxygens (including phenoxy) is 2. The minimum Gasteiger partial charge on any atom is -0.501 e.